The number of esters is 1. The first kappa shape index (κ1) is 24.6. The van der Waals surface area contributed by atoms with Crippen LogP contribution in [0.2, 0.25) is 0 Å². The first-order chi connectivity index (χ1) is 17.1. The second-order valence-electron chi connectivity index (χ2n) is 8.32. The third kappa shape index (κ3) is 5.75. The van der Waals surface area contributed by atoms with Gasteiger partial charge in [0.2, 0.25) is 0 Å². The number of carbonyl (C=O) groups excluding carboxylic acids is 1. The summed E-state index contributed by atoms with van der Waals surface area (Å²) in [7, 11) is 3.40. The molecule has 0 atom stereocenters. The van der Waals surface area contributed by atoms with E-state index in [-0.39, 0.29) is 5.97 Å². The van der Waals surface area contributed by atoms with E-state index in [0.717, 1.165) is 17.1 Å². The van der Waals surface area contributed by atoms with Gasteiger partial charge in [-0.1, -0.05) is 91.0 Å². The molecular weight excluding hydrogens is 452 g/mol. The van der Waals surface area contributed by atoms with Gasteiger partial charge in [-0.15, -0.1) is 11.8 Å². The molecule has 3 aromatic carbocycles. The molecule has 0 fully saturated rings. The van der Waals surface area contributed by atoms with Crippen LogP contribution < -0.4 is 4.90 Å². The Bertz CT molecular complexity index is 1120. The van der Waals surface area contributed by atoms with Crippen molar-refractivity contribution < 1.29 is 9.53 Å². The van der Waals surface area contributed by atoms with Crippen LogP contribution in [0.15, 0.2) is 109 Å². The van der Waals surface area contributed by atoms with Crippen molar-refractivity contribution in [2.45, 2.75) is 16.9 Å². The molecule has 1 aromatic heterocycles. The Balaban J connectivity index is 1.69. The highest BCUT2D eigenvalue weighted by atomic mass is 32.2. The van der Waals surface area contributed by atoms with Crippen molar-refractivity contribution in [3.63, 3.8) is 0 Å². The molecule has 1 heterocycles. The number of rotatable bonds is 10. The van der Waals surface area contributed by atoms with Crippen molar-refractivity contribution >= 4 is 23.4 Å². The minimum atomic E-state index is -0.391. The summed E-state index contributed by atoms with van der Waals surface area (Å²) >= 11 is 1.87. The Morgan fingerprint density at radius 3 is 1.86 bits per heavy atom. The molecule has 4 aromatic rings. The summed E-state index contributed by atoms with van der Waals surface area (Å²) in [5.74, 6) is 0.511. The number of ether oxygens (including phenoxy) is 1. The van der Waals surface area contributed by atoms with Gasteiger partial charge in [-0.05, 0) is 28.8 Å². The summed E-state index contributed by atoms with van der Waals surface area (Å²) < 4.78 is 4.39. The maximum atomic E-state index is 11.6. The average molecular weight is 483 g/mol. The van der Waals surface area contributed by atoms with Crippen molar-refractivity contribution in [3.05, 3.63) is 132 Å². The van der Waals surface area contributed by atoms with Crippen molar-refractivity contribution in [1.29, 1.82) is 0 Å². The predicted octanol–water partition coefficient (Wildman–Crippen LogP) is 6.31. The van der Waals surface area contributed by atoms with Crippen LogP contribution in [-0.2, 0) is 20.0 Å². The van der Waals surface area contributed by atoms with Crippen LogP contribution in [0, 0.1) is 0 Å². The maximum Gasteiger partial charge on any atom is 0.307 e. The van der Waals surface area contributed by atoms with Crippen molar-refractivity contribution in [3.8, 4) is 0 Å². The molecule has 4 nitrogen and oxygen atoms in total. The predicted molar refractivity (Wildman–Crippen MR) is 145 cm³/mol. The fourth-order valence-corrected chi connectivity index (χ4v) is 5.65. The lowest BCUT2D eigenvalue weighted by Gasteiger charge is -2.35. The van der Waals surface area contributed by atoms with Gasteiger partial charge in [0.15, 0.2) is 0 Å². The van der Waals surface area contributed by atoms with Crippen LogP contribution in [0.5, 0.6) is 0 Å². The van der Waals surface area contributed by atoms with E-state index in [1.807, 2.05) is 31.1 Å². The first-order valence-electron chi connectivity index (χ1n) is 11.7. The lowest BCUT2D eigenvalue weighted by atomic mass is 9.84. The van der Waals surface area contributed by atoms with Crippen LogP contribution >= 0.6 is 11.8 Å². The van der Waals surface area contributed by atoms with E-state index in [9.17, 15) is 4.79 Å². The number of carbonyl (C=O) groups is 1. The van der Waals surface area contributed by atoms with E-state index < -0.39 is 4.75 Å². The van der Waals surface area contributed by atoms with E-state index >= 15 is 0 Å². The summed E-state index contributed by atoms with van der Waals surface area (Å²) in [5.41, 5.74) is 5.71. The lowest BCUT2D eigenvalue weighted by molar-refractivity contribution is -0.140. The van der Waals surface area contributed by atoms with Gasteiger partial charge in [0.25, 0.3) is 0 Å². The van der Waals surface area contributed by atoms with Gasteiger partial charge < -0.3 is 9.64 Å². The van der Waals surface area contributed by atoms with E-state index in [0.29, 0.717) is 13.0 Å². The molecule has 0 bridgehead atoms. The third-order valence-electron chi connectivity index (χ3n) is 6.10. The Kier molecular flexibility index (Phi) is 8.22. The summed E-state index contributed by atoms with van der Waals surface area (Å²) in [6.45, 7) is 0.589. The molecule has 0 aliphatic heterocycles. The largest absolute Gasteiger partial charge is 0.469 e. The number of nitrogens with zero attached hydrogens (tertiary/aromatic N) is 2. The first-order valence-corrected chi connectivity index (χ1v) is 12.7. The molecule has 0 saturated heterocycles. The monoisotopic (exact) mass is 482 g/mol. The van der Waals surface area contributed by atoms with Gasteiger partial charge in [-0.3, -0.25) is 9.78 Å². The number of methoxy groups -OCH3 is 1. The van der Waals surface area contributed by atoms with Crippen molar-refractivity contribution in [2.24, 2.45) is 0 Å². The molecule has 0 radical (unpaired) electrons. The topological polar surface area (TPSA) is 42.4 Å². The van der Waals surface area contributed by atoms with Crippen LogP contribution in [0.3, 0.4) is 0 Å². The number of pyridine rings is 1. The maximum absolute atomic E-state index is 11.6. The summed E-state index contributed by atoms with van der Waals surface area (Å²) in [6.07, 6.45) is 2.19. The fourth-order valence-electron chi connectivity index (χ4n) is 4.22. The molecular formula is C30H30N2O2S. The van der Waals surface area contributed by atoms with Crippen molar-refractivity contribution in [1.82, 2.24) is 4.98 Å². The SMILES string of the molecule is COC(=O)CCN(C)c1ccnc(CSC(c2ccccc2)(c2ccccc2)c2ccccc2)c1. The van der Waals surface area contributed by atoms with E-state index in [2.05, 4.69) is 107 Å². The van der Waals surface area contributed by atoms with Gasteiger partial charge in [0.05, 0.1) is 24.0 Å². The molecule has 0 amide bonds. The van der Waals surface area contributed by atoms with Gasteiger partial charge in [0.1, 0.15) is 0 Å². The molecule has 35 heavy (non-hydrogen) atoms. The Labute approximate surface area is 212 Å². The number of hydrogen-bond donors (Lipinski definition) is 0. The quantitative estimate of drug-likeness (QED) is 0.196. The normalized spacial score (nSPS) is 11.1. The Morgan fingerprint density at radius 2 is 1.37 bits per heavy atom. The third-order valence-corrected chi connectivity index (χ3v) is 7.68. The molecule has 0 aliphatic rings. The smallest absolute Gasteiger partial charge is 0.307 e. The number of thioether (sulfide) groups is 1. The number of anilines is 1. The number of benzene rings is 3. The fraction of sp³-hybridized carbons (Fsp3) is 0.200. The second-order valence-corrected chi connectivity index (χ2v) is 9.51. The highest BCUT2D eigenvalue weighted by molar-refractivity contribution is 7.99. The van der Waals surface area contributed by atoms with Gasteiger partial charge >= 0.3 is 5.97 Å². The molecule has 178 valence electrons. The Hall–Kier alpha value is -3.57. The zero-order valence-electron chi connectivity index (χ0n) is 20.1. The standard InChI is InChI=1S/C30H30N2O2S/c1-32(21-19-29(33)34-2)28-18-20-31-27(22-28)23-35-30(24-12-6-3-7-13-24,25-14-8-4-9-15-25)26-16-10-5-11-17-26/h3-18,20,22H,19,21,23H2,1-2H3. The van der Waals surface area contributed by atoms with Gasteiger partial charge in [0, 0.05) is 31.2 Å². The summed E-state index contributed by atoms with van der Waals surface area (Å²) in [6, 6.07) is 36.1. The van der Waals surface area contributed by atoms with Crippen LogP contribution in [0.4, 0.5) is 5.69 Å². The van der Waals surface area contributed by atoms with E-state index in [1.165, 1.54) is 23.8 Å². The molecule has 0 aliphatic carbocycles. The highest BCUT2D eigenvalue weighted by Crippen LogP contribution is 2.49. The highest BCUT2D eigenvalue weighted by Gasteiger charge is 2.36. The summed E-state index contributed by atoms with van der Waals surface area (Å²) in [5, 5.41) is 0. The van der Waals surface area contributed by atoms with Crippen LogP contribution in [0.25, 0.3) is 0 Å². The Morgan fingerprint density at radius 1 is 0.857 bits per heavy atom. The zero-order chi connectivity index (χ0) is 24.5. The minimum absolute atomic E-state index is 0.208. The average Bonchev–Trinajstić information content (AvgIpc) is 2.94. The molecule has 0 spiro atoms. The number of hydrogen-bond acceptors (Lipinski definition) is 5. The summed E-state index contributed by atoms with van der Waals surface area (Å²) in [4.78, 5) is 18.3. The lowest BCUT2D eigenvalue weighted by Crippen LogP contribution is -2.26. The number of aromatic nitrogens is 1. The molecule has 0 saturated carbocycles. The molecule has 4 rings (SSSR count). The van der Waals surface area contributed by atoms with Gasteiger partial charge in [-0.2, -0.15) is 0 Å². The van der Waals surface area contributed by atoms with Crippen LogP contribution in [0.1, 0.15) is 28.8 Å². The van der Waals surface area contributed by atoms with Crippen molar-refractivity contribution in [2.75, 3.05) is 25.6 Å². The zero-order valence-corrected chi connectivity index (χ0v) is 20.9. The molecule has 0 unspecified atom stereocenters. The second kappa shape index (κ2) is 11.7. The van der Waals surface area contributed by atoms with Crippen LogP contribution in [-0.4, -0.2) is 31.7 Å². The van der Waals surface area contributed by atoms with E-state index in [4.69, 9.17) is 4.74 Å². The van der Waals surface area contributed by atoms with Gasteiger partial charge in [-0.25, -0.2) is 0 Å². The molecule has 0 N–H and O–H groups in total. The minimum Gasteiger partial charge on any atom is -0.469 e. The molecule has 5 heteroatoms. The van der Waals surface area contributed by atoms with E-state index in [1.54, 1.807) is 0 Å².